The van der Waals surface area contributed by atoms with E-state index in [4.69, 9.17) is 21.1 Å². The topological polar surface area (TPSA) is 38.8 Å². The Hall–Kier alpha value is -2.04. The minimum Gasteiger partial charge on any atom is -0.491 e. The van der Waals surface area contributed by atoms with Crippen molar-refractivity contribution in [1.82, 2.24) is 4.90 Å². The summed E-state index contributed by atoms with van der Waals surface area (Å²) in [5.74, 6) is 1.31. The van der Waals surface area contributed by atoms with Crippen molar-refractivity contribution in [3.63, 3.8) is 0 Å². The number of benzene rings is 2. The van der Waals surface area contributed by atoms with Crippen LogP contribution in [0.4, 0.5) is 0 Å². The summed E-state index contributed by atoms with van der Waals surface area (Å²) in [6.45, 7) is 6.37. The highest BCUT2D eigenvalue weighted by Crippen LogP contribution is 2.19. The maximum Gasteiger partial charge on any atom is 0.254 e. The number of ether oxygens (including phenoxy) is 2. The van der Waals surface area contributed by atoms with Gasteiger partial charge in [-0.25, -0.2) is 0 Å². The molecule has 1 aliphatic heterocycles. The molecule has 0 aliphatic carbocycles. The lowest BCUT2D eigenvalue weighted by Gasteiger charge is -2.33. The molecule has 1 amide bonds. The highest BCUT2D eigenvalue weighted by Gasteiger charge is 2.25. The summed E-state index contributed by atoms with van der Waals surface area (Å²) in [7, 11) is 0. The third kappa shape index (κ3) is 4.77. The first-order chi connectivity index (χ1) is 12.5. The minimum atomic E-state index is -0.134. The normalized spacial score (nSPS) is 17.4. The van der Waals surface area contributed by atoms with Crippen molar-refractivity contribution in [2.75, 3.05) is 26.3 Å². The fraction of sp³-hybridized carbons (Fsp3) is 0.381. The highest BCUT2D eigenvalue weighted by atomic mass is 35.5. The first-order valence-corrected chi connectivity index (χ1v) is 9.30. The molecule has 4 nitrogen and oxygen atoms in total. The summed E-state index contributed by atoms with van der Waals surface area (Å²) >= 11 is 5.89. The van der Waals surface area contributed by atoms with Crippen LogP contribution >= 0.6 is 11.6 Å². The molecule has 1 saturated heterocycles. The molecule has 5 heteroatoms. The van der Waals surface area contributed by atoms with Crippen molar-refractivity contribution < 1.29 is 14.3 Å². The van der Waals surface area contributed by atoms with Crippen LogP contribution in [0, 0.1) is 0 Å². The number of hydrogen-bond acceptors (Lipinski definition) is 3. The Kier molecular flexibility index (Phi) is 6.17. The van der Waals surface area contributed by atoms with E-state index < -0.39 is 0 Å². The van der Waals surface area contributed by atoms with Gasteiger partial charge >= 0.3 is 0 Å². The SMILES string of the molecule is CC(C)c1ccc(OCC2CN(C(=O)c3ccc(Cl)cc3)CCO2)cc1. The smallest absolute Gasteiger partial charge is 0.254 e. The van der Waals surface area contributed by atoms with E-state index in [0.29, 0.717) is 42.8 Å². The van der Waals surface area contributed by atoms with Gasteiger partial charge in [-0.3, -0.25) is 4.79 Å². The van der Waals surface area contributed by atoms with Crippen molar-refractivity contribution >= 4 is 17.5 Å². The van der Waals surface area contributed by atoms with Crippen LogP contribution in [0.2, 0.25) is 5.02 Å². The molecule has 0 bridgehead atoms. The van der Waals surface area contributed by atoms with Crippen molar-refractivity contribution in [3.05, 3.63) is 64.7 Å². The monoisotopic (exact) mass is 373 g/mol. The van der Waals surface area contributed by atoms with Gasteiger partial charge in [-0.15, -0.1) is 0 Å². The lowest BCUT2D eigenvalue weighted by molar-refractivity contribution is -0.0401. The summed E-state index contributed by atoms with van der Waals surface area (Å²) in [6.07, 6.45) is -0.134. The van der Waals surface area contributed by atoms with Gasteiger partial charge in [0.1, 0.15) is 18.5 Å². The van der Waals surface area contributed by atoms with E-state index in [9.17, 15) is 4.79 Å². The Labute approximate surface area is 159 Å². The van der Waals surface area contributed by atoms with Gasteiger partial charge in [0.25, 0.3) is 5.91 Å². The number of halogens is 1. The van der Waals surface area contributed by atoms with Crippen LogP contribution in [0.5, 0.6) is 5.75 Å². The van der Waals surface area contributed by atoms with Gasteiger partial charge in [0, 0.05) is 17.1 Å². The van der Waals surface area contributed by atoms with Crippen molar-refractivity contribution in [1.29, 1.82) is 0 Å². The van der Waals surface area contributed by atoms with Crippen LogP contribution in [0.25, 0.3) is 0 Å². The molecule has 1 fully saturated rings. The van der Waals surface area contributed by atoms with Crippen molar-refractivity contribution in [2.45, 2.75) is 25.9 Å². The molecule has 1 heterocycles. The Morgan fingerprint density at radius 3 is 2.54 bits per heavy atom. The van der Waals surface area contributed by atoms with E-state index in [2.05, 4.69) is 26.0 Å². The maximum absolute atomic E-state index is 12.6. The Balaban J connectivity index is 1.54. The second-order valence-corrected chi connectivity index (χ2v) is 7.22. The predicted octanol–water partition coefficient (Wildman–Crippen LogP) is 4.38. The molecule has 0 aromatic heterocycles. The molecule has 0 N–H and O–H groups in total. The second kappa shape index (κ2) is 8.56. The lowest BCUT2D eigenvalue weighted by atomic mass is 10.0. The summed E-state index contributed by atoms with van der Waals surface area (Å²) in [5.41, 5.74) is 1.92. The van der Waals surface area contributed by atoms with Crippen LogP contribution in [-0.2, 0) is 4.74 Å². The first-order valence-electron chi connectivity index (χ1n) is 8.92. The quantitative estimate of drug-likeness (QED) is 0.780. The molecule has 0 spiro atoms. The Bertz CT molecular complexity index is 728. The van der Waals surface area contributed by atoms with E-state index in [1.807, 2.05) is 17.0 Å². The summed E-state index contributed by atoms with van der Waals surface area (Å²) in [5, 5.41) is 0.623. The number of hydrogen-bond donors (Lipinski definition) is 0. The number of morpholine rings is 1. The Morgan fingerprint density at radius 1 is 1.19 bits per heavy atom. The van der Waals surface area contributed by atoms with Crippen LogP contribution in [0.3, 0.4) is 0 Å². The third-order valence-electron chi connectivity index (χ3n) is 4.50. The molecule has 26 heavy (non-hydrogen) atoms. The average Bonchev–Trinajstić information content (AvgIpc) is 2.67. The second-order valence-electron chi connectivity index (χ2n) is 6.79. The predicted molar refractivity (Wildman–Crippen MR) is 103 cm³/mol. The number of carbonyl (C=O) groups is 1. The van der Waals surface area contributed by atoms with Gasteiger partial charge in [0.2, 0.25) is 0 Å². The van der Waals surface area contributed by atoms with Crippen molar-refractivity contribution in [3.8, 4) is 5.75 Å². The molecule has 1 unspecified atom stereocenters. The maximum atomic E-state index is 12.6. The van der Waals surface area contributed by atoms with Gasteiger partial charge < -0.3 is 14.4 Å². The first kappa shape index (κ1) is 18.7. The van der Waals surface area contributed by atoms with Gasteiger partial charge in [0.05, 0.1) is 13.2 Å². The van der Waals surface area contributed by atoms with Gasteiger partial charge in [-0.1, -0.05) is 37.6 Å². The van der Waals surface area contributed by atoms with E-state index in [-0.39, 0.29) is 12.0 Å². The van der Waals surface area contributed by atoms with E-state index >= 15 is 0 Å². The van der Waals surface area contributed by atoms with Gasteiger partial charge in [-0.05, 0) is 47.9 Å². The fourth-order valence-corrected chi connectivity index (χ4v) is 3.04. The molecule has 138 valence electrons. The summed E-state index contributed by atoms with van der Waals surface area (Å²) in [4.78, 5) is 14.4. The number of rotatable bonds is 5. The molecular formula is C21H24ClNO3. The number of carbonyl (C=O) groups excluding carboxylic acids is 1. The van der Waals surface area contributed by atoms with Crippen LogP contribution in [-0.4, -0.2) is 43.2 Å². The fourth-order valence-electron chi connectivity index (χ4n) is 2.92. The van der Waals surface area contributed by atoms with E-state index in [1.165, 1.54) is 5.56 Å². The van der Waals surface area contributed by atoms with E-state index in [1.54, 1.807) is 24.3 Å². The van der Waals surface area contributed by atoms with Crippen LogP contribution in [0.1, 0.15) is 35.7 Å². The number of amides is 1. The Morgan fingerprint density at radius 2 is 1.88 bits per heavy atom. The standard InChI is InChI=1S/C21H24ClNO3/c1-15(2)16-5-9-19(10-6-16)26-14-20-13-23(11-12-25-20)21(24)17-3-7-18(22)8-4-17/h3-10,15,20H,11-14H2,1-2H3. The summed E-state index contributed by atoms with van der Waals surface area (Å²) in [6, 6.07) is 15.1. The molecule has 0 saturated carbocycles. The largest absolute Gasteiger partial charge is 0.491 e. The minimum absolute atomic E-state index is 0.00347. The molecule has 3 rings (SSSR count). The lowest BCUT2D eigenvalue weighted by Crippen LogP contribution is -2.47. The van der Waals surface area contributed by atoms with Crippen LogP contribution < -0.4 is 4.74 Å². The van der Waals surface area contributed by atoms with E-state index in [0.717, 1.165) is 5.75 Å². The molecule has 0 radical (unpaired) electrons. The zero-order chi connectivity index (χ0) is 18.5. The zero-order valence-corrected chi connectivity index (χ0v) is 15.9. The van der Waals surface area contributed by atoms with Crippen LogP contribution in [0.15, 0.2) is 48.5 Å². The summed E-state index contributed by atoms with van der Waals surface area (Å²) < 4.78 is 11.6. The zero-order valence-electron chi connectivity index (χ0n) is 15.2. The highest BCUT2D eigenvalue weighted by molar-refractivity contribution is 6.30. The number of nitrogens with zero attached hydrogens (tertiary/aromatic N) is 1. The molecule has 1 aliphatic rings. The molecule has 2 aromatic carbocycles. The molecule has 2 aromatic rings. The average molecular weight is 374 g/mol. The van der Waals surface area contributed by atoms with Gasteiger partial charge in [0.15, 0.2) is 0 Å². The van der Waals surface area contributed by atoms with Gasteiger partial charge in [-0.2, -0.15) is 0 Å². The van der Waals surface area contributed by atoms with Crippen molar-refractivity contribution in [2.24, 2.45) is 0 Å². The molecule has 1 atom stereocenters. The third-order valence-corrected chi connectivity index (χ3v) is 4.75. The molecular weight excluding hydrogens is 350 g/mol.